The molecule has 0 aromatic carbocycles. The molecule has 0 saturated heterocycles. The molecule has 0 N–H and O–H groups in total. The van der Waals surface area contributed by atoms with Gasteiger partial charge in [-0.25, -0.2) is 0 Å². The Bertz CT molecular complexity index is 617. The van der Waals surface area contributed by atoms with E-state index in [1.54, 1.807) is 18.5 Å². The summed E-state index contributed by atoms with van der Waals surface area (Å²) in [6, 6.07) is 0. The Labute approximate surface area is 316 Å². The van der Waals surface area contributed by atoms with Gasteiger partial charge in [-0.05, 0) is 38.5 Å². The van der Waals surface area contributed by atoms with Gasteiger partial charge in [-0.3, -0.25) is 0 Å². The van der Waals surface area contributed by atoms with Crippen LogP contribution in [0.3, 0.4) is 0 Å². The van der Waals surface area contributed by atoms with Gasteiger partial charge in [0.1, 0.15) is 0 Å². The summed E-state index contributed by atoms with van der Waals surface area (Å²) in [5.41, 5.74) is 0. The summed E-state index contributed by atoms with van der Waals surface area (Å²) >= 11 is 0. The fourth-order valence-corrected chi connectivity index (χ4v) is 11.0. The standard InChI is InChI=1S/C43H90P.F6P/c1-5-8-11-14-17-20-23-26-29-32-35-38-41-44(4,42-39-36-33-30-27-24-21-18-15-12-9-6-2)43-40-37-34-31-28-25-22-19-16-13-10-7-3;1-7(2,3,4,5)6/h5-43H2,1-4H3;/q+1;-1. The van der Waals surface area contributed by atoms with Gasteiger partial charge in [-0.1, -0.05) is 213 Å². The fourth-order valence-electron chi connectivity index (χ4n) is 7.34. The quantitative estimate of drug-likeness (QED) is 0.0331. The maximum absolute atomic E-state index is 10.7. The molecule has 0 heterocycles. The van der Waals surface area contributed by atoms with Crippen molar-refractivity contribution in [2.24, 2.45) is 0 Å². The second-order valence-corrected chi connectivity index (χ2v) is 22.9. The van der Waals surface area contributed by atoms with Gasteiger partial charge in [-0.2, -0.15) is 0 Å². The van der Waals surface area contributed by atoms with Crippen LogP contribution in [0.25, 0.3) is 0 Å². The Morgan fingerprint density at radius 2 is 0.373 bits per heavy atom. The van der Waals surface area contributed by atoms with Gasteiger partial charge >= 0.3 is 33.0 Å². The molecule has 0 unspecified atom stereocenters. The molecule has 0 aliphatic carbocycles. The van der Waals surface area contributed by atoms with Crippen molar-refractivity contribution in [3.05, 3.63) is 0 Å². The van der Waals surface area contributed by atoms with Crippen molar-refractivity contribution in [3.63, 3.8) is 0 Å². The Morgan fingerprint density at radius 1 is 0.255 bits per heavy atom. The Balaban J connectivity index is 0. The van der Waals surface area contributed by atoms with Crippen LogP contribution in [0.15, 0.2) is 0 Å². The van der Waals surface area contributed by atoms with Gasteiger partial charge in [0.25, 0.3) is 0 Å². The Kier molecular flexibility index (Phi) is 35.4. The second kappa shape index (κ2) is 33.8. The van der Waals surface area contributed by atoms with Crippen molar-refractivity contribution in [2.45, 2.75) is 252 Å². The van der Waals surface area contributed by atoms with Crippen LogP contribution < -0.4 is 0 Å². The van der Waals surface area contributed by atoms with E-state index in [0.29, 0.717) is 0 Å². The summed E-state index contributed by atoms with van der Waals surface area (Å²) in [6.45, 7) is 9.76. The molecule has 0 aromatic heterocycles. The van der Waals surface area contributed by atoms with E-state index in [2.05, 4.69) is 27.4 Å². The van der Waals surface area contributed by atoms with E-state index < -0.39 is 15.1 Å². The zero-order valence-corrected chi connectivity index (χ0v) is 36.5. The molecule has 0 atom stereocenters. The van der Waals surface area contributed by atoms with Gasteiger partial charge in [-0.15, -0.1) is 0 Å². The van der Waals surface area contributed by atoms with E-state index in [-0.39, 0.29) is 0 Å². The van der Waals surface area contributed by atoms with Gasteiger partial charge < -0.3 is 0 Å². The number of rotatable bonds is 39. The molecule has 0 aliphatic rings. The third-order valence-electron chi connectivity index (χ3n) is 10.7. The summed E-state index contributed by atoms with van der Waals surface area (Å²) in [7, 11) is -11.4. The van der Waals surface area contributed by atoms with Crippen molar-refractivity contribution in [3.8, 4) is 0 Å². The van der Waals surface area contributed by atoms with E-state index in [1.807, 2.05) is 0 Å². The molecule has 0 nitrogen and oxygen atoms in total. The molecule has 51 heavy (non-hydrogen) atoms. The van der Waals surface area contributed by atoms with Crippen molar-refractivity contribution in [1.82, 2.24) is 0 Å². The number of hydrogen-bond donors (Lipinski definition) is 0. The maximum atomic E-state index is 9.87. The first-order valence-electron chi connectivity index (χ1n) is 22.5. The Morgan fingerprint density at radius 3 is 0.510 bits per heavy atom. The third kappa shape index (κ3) is 57.3. The van der Waals surface area contributed by atoms with E-state index in [9.17, 15) is 25.2 Å². The van der Waals surface area contributed by atoms with Crippen molar-refractivity contribution >= 4 is 15.1 Å². The van der Waals surface area contributed by atoms with Gasteiger partial charge in [0.15, 0.2) is 0 Å². The third-order valence-corrected chi connectivity index (χ3v) is 14.8. The molecular weight excluding hydrogens is 692 g/mol. The van der Waals surface area contributed by atoms with Crippen LogP contribution in [0.2, 0.25) is 0 Å². The number of unbranched alkanes of at least 4 members (excludes halogenated alkanes) is 33. The van der Waals surface area contributed by atoms with E-state index >= 15 is 0 Å². The Hall–Kier alpha value is 0.440. The predicted octanol–water partition coefficient (Wildman–Crippen LogP) is 20.1. The average Bonchev–Trinajstić information content (AvgIpc) is 3.05. The van der Waals surface area contributed by atoms with Crippen LogP contribution in [0.1, 0.15) is 252 Å². The summed E-state index contributed by atoms with van der Waals surface area (Å²) in [5.74, 6) is 0. The van der Waals surface area contributed by atoms with Crippen LogP contribution in [0.4, 0.5) is 25.2 Å². The number of halogens is 6. The van der Waals surface area contributed by atoms with Gasteiger partial charge in [0.2, 0.25) is 0 Å². The molecule has 0 radical (unpaired) electrons. The molecule has 0 bridgehead atoms. The topological polar surface area (TPSA) is 0 Å². The minimum atomic E-state index is -10.7. The molecule has 0 amide bonds. The van der Waals surface area contributed by atoms with E-state index in [1.165, 1.54) is 231 Å². The van der Waals surface area contributed by atoms with Crippen LogP contribution in [-0.4, -0.2) is 25.2 Å². The first-order chi connectivity index (χ1) is 24.1. The molecule has 8 heteroatoms. The summed E-state index contributed by atoms with van der Waals surface area (Å²) in [4.78, 5) is 0. The van der Waals surface area contributed by atoms with Gasteiger partial charge in [0, 0.05) is 13.9 Å². The monoisotopic (exact) mass is 783 g/mol. The average molecular weight is 783 g/mol. The first-order valence-corrected chi connectivity index (χ1v) is 27.4. The molecule has 0 aromatic rings. The zero-order valence-electron chi connectivity index (χ0n) is 34.7. The molecule has 314 valence electrons. The summed E-state index contributed by atoms with van der Waals surface area (Å²) in [6.07, 6.45) is 58.3. The fraction of sp³-hybridized carbons (Fsp3) is 1.00. The molecule has 0 saturated carbocycles. The molecule has 0 rings (SSSR count). The summed E-state index contributed by atoms with van der Waals surface area (Å²) < 4.78 is 59.2. The second-order valence-electron chi connectivity index (χ2n) is 16.4. The van der Waals surface area contributed by atoms with E-state index in [0.717, 1.165) is 0 Å². The molecule has 0 spiro atoms. The minimum absolute atomic E-state index is 0.709. The molecule has 0 aliphatic heterocycles. The zero-order chi connectivity index (χ0) is 38.5. The van der Waals surface area contributed by atoms with Crippen LogP contribution >= 0.6 is 15.1 Å². The SMILES string of the molecule is CCCCCCCCCCCCCC[P+](C)(CCCCCCCCCCCCCC)CCCCCCCCCCCCCC.F[P-](F)(F)(F)(F)F. The molecular formula is C43H90F6P2. The van der Waals surface area contributed by atoms with Crippen molar-refractivity contribution in [1.29, 1.82) is 0 Å². The van der Waals surface area contributed by atoms with Crippen LogP contribution in [0.5, 0.6) is 0 Å². The molecule has 0 fully saturated rings. The van der Waals surface area contributed by atoms with E-state index in [4.69, 9.17) is 0 Å². The van der Waals surface area contributed by atoms with Crippen molar-refractivity contribution < 1.29 is 25.2 Å². The van der Waals surface area contributed by atoms with Crippen LogP contribution in [0, 0.1) is 0 Å². The summed E-state index contributed by atoms with van der Waals surface area (Å²) in [5, 5.41) is 0. The van der Waals surface area contributed by atoms with Crippen molar-refractivity contribution in [2.75, 3.05) is 25.2 Å². The normalized spacial score (nSPS) is 13.5. The first kappa shape index (κ1) is 53.5. The van der Waals surface area contributed by atoms with Crippen LogP contribution in [-0.2, 0) is 0 Å². The number of hydrogen-bond acceptors (Lipinski definition) is 0. The predicted molar refractivity (Wildman–Crippen MR) is 224 cm³/mol. The van der Waals surface area contributed by atoms with Gasteiger partial charge in [0.05, 0.1) is 18.5 Å².